The lowest BCUT2D eigenvalue weighted by molar-refractivity contribution is -0.198. The number of nitrogens with one attached hydrogen (secondary N) is 1. The van der Waals surface area contributed by atoms with Crippen LogP contribution in [0.3, 0.4) is 0 Å². The summed E-state index contributed by atoms with van der Waals surface area (Å²) in [5.74, 6) is -0.408. The number of rotatable bonds is 6. The predicted molar refractivity (Wildman–Crippen MR) is 146 cm³/mol. The highest BCUT2D eigenvalue weighted by Crippen LogP contribution is 2.43. The minimum absolute atomic E-state index is 0.0320. The number of alkyl halides is 3. The average molecular weight is 594 g/mol. The first-order chi connectivity index (χ1) is 19.5. The topological polar surface area (TPSA) is 120 Å². The van der Waals surface area contributed by atoms with Gasteiger partial charge in [-0.25, -0.2) is 4.68 Å². The molecule has 2 aromatic heterocycles. The van der Waals surface area contributed by atoms with E-state index in [1.165, 1.54) is 36.1 Å². The molecule has 1 unspecified atom stereocenters. The number of nitrogens with two attached hydrogens (primary N) is 1. The number of ether oxygens (including phenoxy) is 2. The van der Waals surface area contributed by atoms with E-state index in [0.717, 1.165) is 19.3 Å². The lowest BCUT2D eigenvalue weighted by Crippen LogP contribution is -2.52. The van der Waals surface area contributed by atoms with Crippen LogP contribution in [0.5, 0.6) is 5.88 Å². The molecule has 1 spiro atoms. The summed E-state index contributed by atoms with van der Waals surface area (Å²) in [6.45, 7) is 3.62. The summed E-state index contributed by atoms with van der Waals surface area (Å²) in [6, 6.07) is 6.74. The van der Waals surface area contributed by atoms with E-state index < -0.39 is 12.3 Å². The number of anilines is 2. The number of aryl methyl sites for hydroxylation is 1. The van der Waals surface area contributed by atoms with E-state index in [2.05, 4.69) is 20.4 Å². The van der Waals surface area contributed by atoms with E-state index in [1.807, 2.05) is 4.90 Å². The monoisotopic (exact) mass is 593 g/mol. The molecule has 0 radical (unpaired) electrons. The quantitative estimate of drug-likeness (QED) is 0.401. The van der Waals surface area contributed by atoms with Gasteiger partial charge in [0.1, 0.15) is 11.9 Å². The van der Waals surface area contributed by atoms with Crippen LogP contribution in [0.1, 0.15) is 43.0 Å². The minimum Gasteiger partial charge on any atom is -0.468 e. The van der Waals surface area contributed by atoms with Crippen LogP contribution in [0, 0.1) is 12.3 Å². The zero-order valence-corrected chi connectivity index (χ0v) is 23.4. The van der Waals surface area contributed by atoms with Crippen molar-refractivity contribution in [2.45, 2.75) is 50.9 Å². The Bertz CT molecular complexity index is 1410. The summed E-state index contributed by atoms with van der Waals surface area (Å²) in [5.41, 5.74) is 6.47. The van der Waals surface area contributed by atoms with Gasteiger partial charge in [-0.1, -0.05) is 17.7 Å². The van der Waals surface area contributed by atoms with Gasteiger partial charge in [-0.05, 0) is 62.8 Å². The molecule has 0 aliphatic carbocycles. The molecule has 14 heteroatoms. The second-order valence-corrected chi connectivity index (χ2v) is 11.0. The summed E-state index contributed by atoms with van der Waals surface area (Å²) in [4.78, 5) is 22.3. The van der Waals surface area contributed by atoms with Crippen molar-refractivity contribution in [1.29, 1.82) is 0 Å². The number of nitrogens with zero attached hydrogens (tertiary/aromatic N) is 5. The lowest BCUT2D eigenvalue weighted by atomic mass is 9.69. The minimum atomic E-state index is -4.80. The van der Waals surface area contributed by atoms with Gasteiger partial charge in [-0.15, -0.1) is 0 Å². The summed E-state index contributed by atoms with van der Waals surface area (Å²) in [5, 5.41) is 7.72. The molecular weight excluding hydrogens is 563 g/mol. The number of carbonyl (C=O) groups is 1. The van der Waals surface area contributed by atoms with Crippen LogP contribution in [0.15, 0.2) is 36.5 Å². The highest BCUT2D eigenvalue weighted by atomic mass is 35.5. The Labute approximate surface area is 240 Å². The number of piperidine rings is 2. The van der Waals surface area contributed by atoms with E-state index in [-0.39, 0.29) is 45.5 Å². The third-order valence-corrected chi connectivity index (χ3v) is 8.04. The van der Waals surface area contributed by atoms with Crippen LogP contribution in [0.2, 0.25) is 5.02 Å². The Balaban J connectivity index is 1.38. The van der Waals surface area contributed by atoms with Crippen molar-refractivity contribution in [3.05, 3.63) is 52.8 Å². The second-order valence-electron chi connectivity index (χ2n) is 10.5. The molecule has 4 heterocycles. The van der Waals surface area contributed by atoms with E-state index in [1.54, 1.807) is 19.2 Å². The first-order valence-corrected chi connectivity index (χ1v) is 13.6. The van der Waals surface area contributed by atoms with E-state index in [9.17, 15) is 18.0 Å². The van der Waals surface area contributed by atoms with Crippen LogP contribution < -0.4 is 20.7 Å². The Morgan fingerprint density at radius 2 is 1.95 bits per heavy atom. The van der Waals surface area contributed by atoms with Crippen molar-refractivity contribution < 1.29 is 27.4 Å². The van der Waals surface area contributed by atoms with Gasteiger partial charge in [0, 0.05) is 35.9 Å². The number of benzene rings is 1. The Morgan fingerprint density at radius 1 is 1.20 bits per heavy atom. The number of hydrogen-bond donors (Lipinski definition) is 2. The lowest BCUT2D eigenvalue weighted by Gasteiger charge is -2.46. The molecule has 2 atom stereocenters. The molecular formula is C27H31ClF3N7O3. The molecule has 0 saturated carbocycles. The molecule has 2 fully saturated rings. The maximum atomic E-state index is 14.5. The second kappa shape index (κ2) is 11.4. The molecule has 10 nitrogen and oxygen atoms in total. The number of carbonyl (C=O) groups excluding carboxylic acids is 1. The molecule has 5 rings (SSSR count). The van der Waals surface area contributed by atoms with E-state index in [4.69, 9.17) is 26.8 Å². The van der Waals surface area contributed by atoms with Gasteiger partial charge in [-0.2, -0.15) is 28.2 Å². The maximum absolute atomic E-state index is 14.5. The SMILES string of the molecule is COC(=O)C1CC2(CCN1)CCN(c1cc(O[C@H](c3ccc(Cl)cc3-n3ccc(C)n3)C(F)(F)F)nc(N)n1)CC2. The molecule has 41 heavy (non-hydrogen) atoms. The predicted octanol–water partition coefficient (Wildman–Crippen LogP) is 4.40. The number of nitrogen functional groups attached to an aromatic ring is 1. The van der Waals surface area contributed by atoms with Gasteiger partial charge in [-0.3, -0.25) is 4.79 Å². The van der Waals surface area contributed by atoms with Gasteiger partial charge in [0.05, 0.1) is 18.5 Å². The van der Waals surface area contributed by atoms with Gasteiger partial charge < -0.3 is 25.4 Å². The normalized spacial score (nSPS) is 19.7. The third kappa shape index (κ3) is 6.35. The van der Waals surface area contributed by atoms with Crippen LogP contribution >= 0.6 is 11.6 Å². The Morgan fingerprint density at radius 3 is 2.61 bits per heavy atom. The molecule has 2 saturated heterocycles. The molecule has 2 aliphatic rings. The van der Waals surface area contributed by atoms with Crippen LogP contribution in [0.25, 0.3) is 5.69 Å². The first-order valence-electron chi connectivity index (χ1n) is 13.2. The Kier molecular flexibility index (Phi) is 8.02. The molecule has 0 amide bonds. The molecule has 1 aromatic carbocycles. The fourth-order valence-electron chi connectivity index (χ4n) is 5.66. The highest BCUT2D eigenvalue weighted by Gasteiger charge is 2.45. The summed E-state index contributed by atoms with van der Waals surface area (Å²) < 4.78 is 55.1. The summed E-state index contributed by atoms with van der Waals surface area (Å²) >= 11 is 6.13. The van der Waals surface area contributed by atoms with Crippen molar-refractivity contribution in [3.63, 3.8) is 0 Å². The zero-order chi connectivity index (χ0) is 29.4. The molecule has 2 aliphatic heterocycles. The Hall–Kier alpha value is -3.58. The molecule has 0 bridgehead atoms. The average Bonchev–Trinajstić information content (AvgIpc) is 3.37. The molecule has 220 valence electrons. The van der Waals surface area contributed by atoms with Gasteiger partial charge in [0.15, 0.2) is 0 Å². The van der Waals surface area contributed by atoms with E-state index in [0.29, 0.717) is 37.6 Å². The summed E-state index contributed by atoms with van der Waals surface area (Å²) in [6.07, 6.45) is -2.47. The first kappa shape index (κ1) is 28.9. The maximum Gasteiger partial charge on any atom is 0.429 e. The smallest absolute Gasteiger partial charge is 0.429 e. The van der Waals surface area contributed by atoms with Crippen molar-refractivity contribution in [1.82, 2.24) is 25.1 Å². The van der Waals surface area contributed by atoms with Crippen molar-refractivity contribution in [2.24, 2.45) is 5.41 Å². The van der Waals surface area contributed by atoms with Crippen molar-refractivity contribution in [3.8, 4) is 11.6 Å². The van der Waals surface area contributed by atoms with Crippen molar-refractivity contribution in [2.75, 3.05) is 37.4 Å². The molecule has 3 aromatic rings. The van der Waals surface area contributed by atoms with Crippen LogP contribution in [0.4, 0.5) is 24.9 Å². The standard InChI is InChI=1S/C27H31ClF3N7O3/c1-16-5-10-38(36-16)20-13-17(28)3-4-18(20)23(27(29,30)31)41-22-14-21(34-25(32)35-22)37-11-7-26(8-12-37)6-9-33-19(15-26)24(39)40-2/h3-5,10,13-14,19,23,33H,6-9,11-12,15H2,1-2H3,(H2,32,34,35)/t19?,23-/m1/s1. The van der Waals surface area contributed by atoms with Crippen LogP contribution in [-0.2, 0) is 9.53 Å². The summed E-state index contributed by atoms with van der Waals surface area (Å²) in [7, 11) is 1.38. The fourth-order valence-corrected chi connectivity index (χ4v) is 5.82. The van der Waals surface area contributed by atoms with Crippen molar-refractivity contribution >= 4 is 29.3 Å². The number of hydrogen-bond acceptors (Lipinski definition) is 9. The number of halogens is 4. The largest absolute Gasteiger partial charge is 0.468 e. The number of esters is 1. The van der Waals surface area contributed by atoms with Gasteiger partial charge in [0.2, 0.25) is 17.9 Å². The van der Waals surface area contributed by atoms with Crippen LogP contribution in [-0.4, -0.2) is 64.7 Å². The van der Waals surface area contributed by atoms with E-state index >= 15 is 0 Å². The zero-order valence-electron chi connectivity index (χ0n) is 22.6. The molecule has 3 N–H and O–H groups in total. The third-order valence-electron chi connectivity index (χ3n) is 7.80. The van der Waals surface area contributed by atoms with Gasteiger partial charge in [0.25, 0.3) is 0 Å². The number of methoxy groups -OCH3 is 1. The highest BCUT2D eigenvalue weighted by molar-refractivity contribution is 6.30. The van der Waals surface area contributed by atoms with Gasteiger partial charge >= 0.3 is 12.1 Å². The number of aromatic nitrogens is 4. The fraction of sp³-hybridized carbons (Fsp3) is 0.481.